The molecular formula is C16H24N2O2. The maximum absolute atomic E-state index is 11.9. The molecule has 2 atom stereocenters. The number of rotatable bonds is 6. The molecule has 1 saturated heterocycles. The van der Waals surface area contributed by atoms with Crippen LogP contribution in [0.1, 0.15) is 26.2 Å². The minimum atomic E-state index is -0.410. The highest BCUT2D eigenvalue weighted by atomic mass is 16.5. The van der Waals surface area contributed by atoms with E-state index in [2.05, 4.69) is 10.6 Å². The molecule has 2 rings (SSSR count). The third-order valence-electron chi connectivity index (χ3n) is 3.70. The molecule has 110 valence electrons. The van der Waals surface area contributed by atoms with Gasteiger partial charge in [0.25, 0.3) is 5.91 Å². The predicted molar refractivity (Wildman–Crippen MR) is 80.7 cm³/mol. The van der Waals surface area contributed by atoms with Gasteiger partial charge in [-0.25, -0.2) is 0 Å². The summed E-state index contributed by atoms with van der Waals surface area (Å²) in [5.74, 6) is 0.603. The average Bonchev–Trinajstić information content (AvgIpc) is 2.49. The number of nitrogens with one attached hydrogen (secondary N) is 2. The van der Waals surface area contributed by atoms with Crippen LogP contribution >= 0.6 is 0 Å². The predicted octanol–water partition coefficient (Wildman–Crippen LogP) is 2.42. The molecule has 0 saturated carbocycles. The van der Waals surface area contributed by atoms with E-state index in [-0.39, 0.29) is 5.91 Å². The lowest BCUT2D eigenvalue weighted by Gasteiger charge is -2.23. The Labute approximate surface area is 120 Å². The zero-order valence-corrected chi connectivity index (χ0v) is 12.1. The third-order valence-corrected chi connectivity index (χ3v) is 3.70. The van der Waals surface area contributed by atoms with Crippen molar-refractivity contribution in [2.45, 2.75) is 32.3 Å². The molecule has 4 heteroatoms. The Morgan fingerprint density at radius 1 is 1.45 bits per heavy atom. The second kappa shape index (κ2) is 8.02. The van der Waals surface area contributed by atoms with E-state index in [0.717, 1.165) is 25.2 Å². The highest BCUT2D eigenvalue weighted by Gasteiger charge is 2.16. The minimum Gasteiger partial charge on any atom is -0.369 e. The maximum atomic E-state index is 11.9. The standard InChI is InChI=1S/C16H24N2O2/c1-13(16(19)18-15-7-3-2-4-8-15)20-11-9-14-6-5-10-17-12-14/h2-4,7-8,13-14,17H,5-6,9-12H2,1H3,(H,18,19). The first-order valence-corrected chi connectivity index (χ1v) is 7.44. The number of piperidine rings is 1. The summed E-state index contributed by atoms with van der Waals surface area (Å²) in [5, 5.41) is 6.25. The molecule has 1 aromatic rings. The van der Waals surface area contributed by atoms with Crippen LogP contribution in [-0.2, 0) is 9.53 Å². The van der Waals surface area contributed by atoms with Gasteiger partial charge in [0.05, 0.1) is 0 Å². The number of para-hydroxylation sites is 1. The van der Waals surface area contributed by atoms with Gasteiger partial charge in [-0.05, 0) is 57.3 Å². The Bertz CT molecular complexity index is 402. The highest BCUT2D eigenvalue weighted by Crippen LogP contribution is 2.14. The van der Waals surface area contributed by atoms with Crippen molar-refractivity contribution in [3.05, 3.63) is 30.3 Å². The topological polar surface area (TPSA) is 50.4 Å². The molecule has 2 unspecified atom stereocenters. The fourth-order valence-electron chi connectivity index (χ4n) is 2.42. The molecule has 1 amide bonds. The van der Waals surface area contributed by atoms with Crippen LogP contribution in [0.15, 0.2) is 30.3 Å². The van der Waals surface area contributed by atoms with Gasteiger partial charge < -0.3 is 15.4 Å². The third kappa shape index (κ3) is 4.94. The van der Waals surface area contributed by atoms with Gasteiger partial charge in [0.2, 0.25) is 0 Å². The van der Waals surface area contributed by atoms with Crippen molar-refractivity contribution in [3.8, 4) is 0 Å². The van der Waals surface area contributed by atoms with Crippen LogP contribution in [0.5, 0.6) is 0 Å². The lowest BCUT2D eigenvalue weighted by Crippen LogP contribution is -2.32. The van der Waals surface area contributed by atoms with Crippen molar-refractivity contribution < 1.29 is 9.53 Å². The number of carbonyl (C=O) groups excluding carboxylic acids is 1. The van der Waals surface area contributed by atoms with Crippen molar-refractivity contribution in [1.82, 2.24) is 5.32 Å². The molecule has 20 heavy (non-hydrogen) atoms. The van der Waals surface area contributed by atoms with Crippen molar-refractivity contribution in [3.63, 3.8) is 0 Å². The van der Waals surface area contributed by atoms with E-state index in [1.54, 1.807) is 6.92 Å². The Morgan fingerprint density at radius 2 is 2.25 bits per heavy atom. The van der Waals surface area contributed by atoms with Gasteiger partial charge >= 0.3 is 0 Å². The zero-order chi connectivity index (χ0) is 14.2. The smallest absolute Gasteiger partial charge is 0.253 e. The summed E-state index contributed by atoms with van der Waals surface area (Å²) in [4.78, 5) is 11.9. The molecule has 1 aromatic carbocycles. The van der Waals surface area contributed by atoms with E-state index in [4.69, 9.17) is 4.74 Å². The summed E-state index contributed by atoms with van der Waals surface area (Å²) >= 11 is 0. The van der Waals surface area contributed by atoms with Crippen LogP contribution in [-0.4, -0.2) is 31.7 Å². The maximum Gasteiger partial charge on any atom is 0.253 e. The van der Waals surface area contributed by atoms with Crippen molar-refractivity contribution in [1.29, 1.82) is 0 Å². The minimum absolute atomic E-state index is 0.0852. The largest absolute Gasteiger partial charge is 0.369 e. The highest BCUT2D eigenvalue weighted by molar-refractivity contribution is 5.93. The first kappa shape index (κ1) is 15.0. The van der Waals surface area contributed by atoms with E-state index in [0.29, 0.717) is 12.5 Å². The Morgan fingerprint density at radius 3 is 2.95 bits per heavy atom. The van der Waals surface area contributed by atoms with Crippen molar-refractivity contribution in [2.75, 3.05) is 25.0 Å². The van der Waals surface area contributed by atoms with Crippen LogP contribution < -0.4 is 10.6 Å². The fourth-order valence-corrected chi connectivity index (χ4v) is 2.42. The summed E-state index contributed by atoms with van der Waals surface area (Å²) in [7, 11) is 0. The number of anilines is 1. The van der Waals surface area contributed by atoms with Gasteiger partial charge in [0.1, 0.15) is 6.10 Å². The molecular weight excluding hydrogens is 252 g/mol. The zero-order valence-electron chi connectivity index (χ0n) is 12.1. The number of carbonyl (C=O) groups is 1. The summed E-state index contributed by atoms with van der Waals surface area (Å²) < 4.78 is 5.64. The molecule has 1 aliphatic heterocycles. The lowest BCUT2D eigenvalue weighted by molar-refractivity contribution is -0.126. The lowest BCUT2D eigenvalue weighted by atomic mass is 9.97. The number of ether oxygens (including phenoxy) is 1. The quantitative estimate of drug-likeness (QED) is 0.839. The Kier molecular flexibility index (Phi) is 6.02. The molecule has 2 N–H and O–H groups in total. The molecule has 0 bridgehead atoms. The molecule has 0 radical (unpaired) electrons. The Hall–Kier alpha value is -1.39. The second-order valence-corrected chi connectivity index (χ2v) is 5.37. The van der Waals surface area contributed by atoms with Gasteiger partial charge in [0.15, 0.2) is 0 Å². The SMILES string of the molecule is CC(OCCC1CCCNC1)C(=O)Nc1ccccc1. The molecule has 0 aliphatic carbocycles. The first-order chi connectivity index (χ1) is 9.75. The van der Waals surface area contributed by atoms with Gasteiger partial charge in [-0.2, -0.15) is 0 Å². The summed E-state index contributed by atoms with van der Waals surface area (Å²) in [6.07, 6.45) is 3.12. The van der Waals surface area contributed by atoms with E-state index < -0.39 is 6.10 Å². The first-order valence-electron chi connectivity index (χ1n) is 7.44. The van der Waals surface area contributed by atoms with Crippen LogP contribution in [0, 0.1) is 5.92 Å². The van der Waals surface area contributed by atoms with Gasteiger partial charge in [0, 0.05) is 12.3 Å². The number of benzene rings is 1. The molecule has 1 fully saturated rings. The van der Waals surface area contributed by atoms with E-state index >= 15 is 0 Å². The van der Waals surface area contributed by atoms with Crippen LogP contribution in [0.2, 0.25) is 0 Å². The van der Waals surface area contributed by atoms with Crippen LogP contribution in [0.25, 0.3) is 0 Å². The normalized spacial score (nSPS) is 20.4. The summed E-state index contributed by atoms with van der Waals surface area (Å²) in [6.45, 7) is 4.66. The molecule has 1 heterocycles. The monoisotopic (exact) mass is 276 g/mol. The van der Waals surface area contributed by atoms with Crippen molar-refractivity contribution in [2.24, 2.45) is 5.92 Å². The summed E-state index contributed by atoms with van der Waals surface area (Å²) in [6, 6.07) is 9.47. The second-order valence-electron chi connectivity index (χ2n) is 5.37. The van der Waals surface area contributed by atoms with Gasteiger partial charge in [-0.3, -0.25) is 4.79 Å². The molecule has 4 nitrogen and oxygen atoms in total. The molecule has 1 aliphatic rings. The number of amides is 1. The number of hydrogen-bond acceptors (Lipinski definition) is 3. The Balaban J connectivity index is 1.66. The molecule has 0 aromatic heterocycles. The van der Waals surface area contributed by atoms with E-state index in [1.165, 1.54) is 12.8 Å². The average molecular weight is 276 g/mol. The van der Waals surface area contributed by atoms with Crippen LogP contribution in [0.3, 0.4) is 0 Å². The number of hydrogen-bond donors (Lipinski definition) is 2. The van der Waals surface area contributed by atoms with E-state index in [1.807, 2.05) is 30.3 Å². The molecule has 0 spiro atoms. The summed E-state index contributed by atoms with van der Waals surface area (Å²) in [5.41, 5.74) is 0.810. The fraction of sp³-hybridized carbons (Fsp3) is 0.562. The van der Waals surface area contributed by atoms with Crippen molar-refractivity contribution >= 4 is 11.6 Å². The van der Waals surface area contributed by atoms with Crippen LogP contribution in [0.4, 0.5) is 5.69 Å². The van der Waals surface area contributed by atoms with Gasteiger partial charge in [-0.1, -0.05) is 18.2 Å². The van der Waals surface area contributed by atoms with E-state index in [9.17, 15) is 4.79 Å². The van der Waals surface area contributed by atoms with Gasteiger partial charge in [-0.15, -0.1) is 0 Å².